The molecule has 6 nitrogen and oxygen atoms in total. The normalized spacial score (nSPS) is 14.1. The fourth-order valence-electron chi connectivity index (χ4n) is 3.42. The van der Waals surface area contributed by atoms with Crippen molar-refractivity contribution in [3.8, 4) is 5.75 Å². The van der Waals surface area contributed by atoms with Crippen LogP contribution in [0.4, 0.5) is 0 Å². The van der Waals surface area contributed by atoms with Gasteiger partial charge in [0.15, 0.2) is 11.5 Å². The van der Waals surface area contributed by atoms with Crippen LogP contribution in [0.3, 0.4) is 0 Å². The van der Waals surface area contributed by atoms with Gasteiger partial charge < -0.3 is 4.74 Å². The average Bonchev–Trinajstić information content (AvgIpc) is 3.22. The summed E-state index contributed by atoms with van der Waals surface area (Å²) in [5.41, 5.74) is 1.72. The maximum Gasteiger partial charge on any atom is 0.349 e. The topological polar surface area (TPSA) is 72.3 Å². The predicted molar refractivity (Wildman–Crippen MR) is 96.4 cm³/mol. The van der Waals surface area contributed by atoms with E-state index in [1.807, 2.05) is 30.3 Å². The van der Waals surface area contributed by atoms with Crippen molar-refractivity contribution >= 4 is 27.2 Å². The van der Waals surface area contributed by atoms with Crippen LogP contribution in [0.25, 0.3) is 15.9 Å². The van der Waals surface area contributed by atoms with E-state index in [1.165, 1.54) is 27.8 Å². The van der Waals surface area contributed by atoms with Crippen molar-refractivity contribution in [1.82, 2.24) is 19.6 Å². The Balaban J connectivity index is 1.61. The molecule has 0 bridgehead atoms. The van der Waals surface area contributed by atoms with Gasteiger partial charge in [-0.25, -0.2) is 9.78 Å². The molecule has 3 heterocycles. The first kappa shape index (κ1) is 14.7. The molecule has 0 aliphatic heterocycles. The maximum atomic E-state index is 12.4. The van der Waals surface area contributed by atoms with Gasteiger partial charge in [0.05, 0.1) is 5.39 Å². The molecule has 0 unspecified atom stereocenters. The highest BCUT2D eigenvalue weighted by atomic mass is 32.1. The Labute approximate surface area is 147 Å². The van der Waals surface area contributed by atoms with Crippen molar-refractivity contribution in [2.45, 2.75) is 32.3 Å². The second-order valence-corrected chi connectivity index (χ2v) is 7.32. The molecule has 0 radical (unpaired) electrons. The Hall–Kier alpha value is -2.67. The number of nitrogens with one attached hydrogen (secondary N) is 1. The van der Waals surface area contributed by atoms with Crippen LogP contribution in [0, 0.1) is 0 Å². The van der Waals surface area contributed by atoms with E-state index in [4.69, 9.17) is 4.74 Å². The molecule has 0 fully saturated rings. The first-order chi connectivity index (χ1) is 12.3. The minimum Gasteiger partial charge on any atom is -0.486 e. The van der Waals surface area contributed by atoms with Crippen LogP contribution in [-0.4, -0.2) is 19.6 Å². The second-order valence-electron chi connectivity index (χ2n) is 6.21. The summed E-state index contributed by atoms with van der Waals surface area (Å²) in [6.07, 6.45) is 4.52. The molecule has 25 heavy (non-hydrogen) atoms. The fourth-order valence-corrected chi connectivity index (χ4v) is 4.70. The molecule has 1 aromatic carbocycles. The number of ether oxygens (including phenoxy) is 1. The third kappa shape index (κ3) is 2.42. The van der Waals surface area contributed by atoms with E-state index in [0.717, 1.165) is 28.8 Å². The van der Waals surface area contributed by atoms with Crippen LogP contribution in [0.1, 0.15) is 29.1 Å². The first-order valence-electron chi connectivity index (χ1n) is 8.39. The molecule has 126 valence electrons. The lowest BCUT2D eigenvalue weighted by Crippen LogP contribution is -2.17. The molecule has 0 amide bonds. The molecule has 1 aliphatic carbocycles. The number of aromatic amines is 1. The number of nitrogens with zero attached hydrogens (tertiary/aromatic N) is 3. The SMILES string of the molecule is O=c1[nH]c2sc3c(c2c2nc(COc4ccccc4)nn12)CCCC3. The van der Waals surface area contributed by atoms with E-state index < -0.39 is 0 Å². The zero-order chi connectivity index (χ0) is 16.8. The smallest absolute Gasteiger partial charge is 0.349 e. The van der Waals surface area contributed by atoms with E-state index >= 15 is 0 Å². The van der Waals surface area contributed by atoms with Gasteiger partial charge in [-0.2, -0.15) is 4.52 Å². The fraction of sp³-hybridized carbons (Fsp3) is 0.278. The van der Waals surface area contributed by atoms with Crippen molar-refractivity contribution in [2.75, 3.05) is 0 Å². The minimum atomic E-state index is -0.250. The Morgan fingerprint density at radius 2 is 2.04 bits per heavy atom. The highest BCUT2D eigenvalue weighted by Gasteiger charge is 2.21. The molecular weight excluding hydrogens is 336 g/mol. The van der Waals surface area contributed by atoms with E-state index in [9.17, 15) is 4.79 Å². The maximum absolute atomic E-state index is 12.4. The van der Waals surface area contributed by atoms with Gasteiger partial charge in [-0.05, 0) is 43.4 Å². The van der Waals surface area contributed by atoms with Crippen molar-refractivity contribution in [3.63, 3.8) is 0 Å². The standard InChI is InChI=1S/C18H16N4O2S/c23-18-20-17-15(12-8-4-5-9-13(12)25-17)16-19-14(21-22(16)18)10-24-11-6-2-1-3-7-11/h1-3,6-7H,4-5,8-10H2,(H,20,23). The lowest BCUT2D eigenvalue weighted by atomic mass is 9.97. The highest BCUT2D eigenvalue weighted by Crippen LogP contribution is 2.36. The molecule has 0 saturated carbocycles. The first-order valence-corrected chi connectivity index (χ1v) is 9.21. The van der Waals surface area contributed by atoms with Gasteiger partial charge in [-0.15, -0.1) is 16.4 Å². The van der Waals surface area contributed by atoms with Gasteiger partial charge in [0.25, 0.3) is 0 Å². The molecule has 0 atom stereocenters. The Morgan fingerprint density at radius 3 is 2.92 bits per heavy atom. The van der Waals surface area contributed by atoms with Gasteiger partial charge in [-0.1, -0.05) is 18.2 Å². The molecule has 5 rings (SSSR count). The third-order valence-electron chi connectivity index (χ3n) is 4.57. The summed E-state index contributed by atoms with van der Waals surface area (Å²) in [5, 5.41) is 5.40. The molecule has 1 aliphatic rings. The van der Waals surface area contributed by atoms with Crippen LogP contribution < -0.4 is 10.4 Å². The number of hydrogen-bond donors (Lipinski definition) is 1. The zero-order valence-electron chi connectivity index (χ0n) is 13.5. The van der Waals surface area contributed by atoms with Crippen molar-refractivity contribution in [2.24, 2.45) is 0 Å². The summed E-state index contributed by atoms with van der Waals surface area (Å²) in [6, 6.07) is 9.54. The van der Waals surface area contributed by atoms with Crippen LogP contribution in [0.2, 0.25) is 0 Å². The number of aromatic nitrogens is 4. The Kier molecular flexibility index (Phi) is 3.34. The summed E-state index contributed by atoms with van der Waals surface area (Å²) in [6.45, 7) is 0.235. The van der Waals surface area contributed by atoms with Crippen molar-refractivity contribution < 1.29 is 4.74 Å². The molecule has 7 heteroatoms. The van der Waals surface area contributed by atoms with Gasteiger partial charge in [0.2, 0.25) is 0 Å². The minimum absolute atomic E-state index is 0.235. The van der Waals surface area contributed by atoms with Crippen LogP contribution in [-0.2, 0) is 19.4 Å². The van der Waals surface area contributed by atoms with Crippen molar-refractivity contribution in [1.29, 1.82) is 0 Å². The summed E-state index contributed by atoms with van der Waals surface area (Å²) < 4.78 is 7.09. The molecule has 3 aromatic heterocycles. The molecular formula is C18H16N4O2S. The summed E-state index contributed by atoms with van der Waals surface area (Å²) in [7, 11) is 0. The molecule has 4 aromatic rings. The van der Waals surface area contributed by atoms with E-state index in [0.29, 0.717) is 11.5 Å². The number of para-hydroxylation sites is 1. The van der Waals surface area contributed by atoms with Crippen LogP contribution in [0.5, 0.6) is 5.75 Å². The van der Waals surface area contributed by atoms with Crippen LogP contribution in [0.15, 0.2) is 35.1 Å². The molecule has 0 saturated heterocycles. The van der Waals surface area contributed by atoms with E-state index in [-0.39, 0.29) is 12.3 Å². The number of aryl methyl sites for hydroxylation is 2. The van der Waals surface area contributed by atoms with Gasteiger partial charge >= 0.3 is 5.69 Å². The average molecular weight is 352 g/mol. The van der Waals surface area contributed by atoms with Gasteiger partial charge in [0.1, 0.15) is 17.2 Å². The number of H-pyrrole nitrogens is 1. The third-order valence-corrected chi connectivity index (χ3v) is 5.78. The summed E-state index contributed by atoms with van der Waals surface area (Å²) in [5.74, 6) is 1.27. The summed E-state index contributed by atoms with van der Waals surface area (Å²) >= 11 is 1.68. The van der Waals surface area contributed by atoms with Gasteiger partial charge in [0, 0.05) is 4.88 Å². The number of fused-ring (bicyclic) bond motifs is 5. The predicted octanol–water partition coefficient (Wildman–Crippen LogP) is 3.09. The van der Waals surface area contributed by atoms with Crippen molar-refractivity contribution in [3.05, 3.63) is 57.1 Å². The number of thiophene rings is 1. The highest BCUT2D eigenvalue weighted by molar-refractivity contribution is 7.19. The quantitative estimate of drug-likeness (QED) is 0.615. The number of hydrogen-bond acceptors (Lipinski definition) is 5. The number of benzene rings is 1. The lowest BCUT2D eigenvalue weighted by molar-refractivity contribution is 0.296. The zero-order valence-corrected chi connectivity index (χ0v) is 14.3. The second kappa shape index (κ2) is 5.70. The molecule has 0 spiro atoms. The summed E-state index contributed by atoms with van der Waals surface area (Å²) in [4.78, 5) is 22.2. The largest absolute Gasteiger partial charge is 0.486 e. The molecule has 1 N–H and O–H groups in total. The van der Waals surface area contributed by atoms with Gasteiger partial charge in [-0.3, -0.25) is 4.98 Å². The lowest BCUT2D eigenvalue weighted by Gasteiger charge is -2.09. The van der Waals surface area contributed by atoms with Crippen LogP contribution >= 0.6 is 11.3 Å². The van der Waals surface area contributed by atoms with E-state index in [1.54, 1.807) is 11.3 Å². The number of rotatable bonds is 3. The monoisotopic (exact) mass is 352 g/mol. The Morgan fingerprint density at radius 1 is 1.20 bits per heavy atom. The van der Waals surface area contributed by atoms with E-state index in [2.05, 4.69) is 15.1 Å². The Bertz CT molecular complexity index is 1130.